The van der Waals surface area contributed by atoms with Crippen molar-refractivity contribution in [3.63, 3.8) is 0 Å². The quantitative estimate of drug-likeness (QED) is 0.0538. The molecule has 0 aliphatic carbocycles. The van der Waals surface area contributed by atoms with Crippen LogP contribution in [0.25, 0.3) is 75.4 Å². The third-order valence-corrected chi connectivity index (χ3v) is 13.8. The Morgan fingerprint density at radius 2 is 0.731 bits per heavy atom. The van der Waals surface area contributed by atoms with Gasteiger partial charge in [0, 0.05) is 55.9 Å². The molecule has 268 valence electrons. The molecule has 0 aromatic heterocycles. The Balaban J connectivity index is 1.89. The number of aliphatic hydroxyl groups is 2. The number of benzene rings is 8. The molecule has 0 spiro atoms. The molecule has 8 N–H and O–H groups in total. The van der Waals surface area contributed by atoms with Crippen LogP contribution in [0.1, 0.15) is 50.7 Å². The van der Waals surface area contributed by atoms with Crippen molar-refractivity contribution in [2.75, 3.05) is 0 Å². The van der Waals surface area contributed by atoms with Crippen LogP contribution in [-0.2, 0) is 12.8 Å². The maximum absolute atomic E-state index is 14.8. The molecule has 0 unspecified atom stereocenters. The van der Waals surface area contributed by atoms with Crippen molar-refractivity contribution in [3.05, 3.63) is 49.5 Å². The number of hydrogen-bond donors (Lipinski definition) is 8. The number of hydrogen-bond acceptors (Lipinski definition) is 10. The normalized spacial score (nSPS) is 13.9. The van der Waals surface area contributed by atoms with E-state index in [0.29, 0.717) is 47.6 Å². The van der Waals surface area contributed by atoms with Gasteiger partial charge in [-0.1, -0.05) is 26.7 Å². The van der Waals surface area contributed by atoms with Crippen LogP contribution < -0.4 is 10.9 Å². The average molecular weight is 964 g/mol. The van der Waals surface area contributed by atoms with Crippen molar-refractivity contribution in [3.8, 4) is 34.5 Å². The highest BCUT2D eigenvalue weighted by molar-refractivity contribution is 9.11. The van der Waals surface area contributed by atoms with E-state index in [-0.39, 0.29) is 95.4 Å². The van der Waals surface area contributed by atoms with Crippen LogP contribution in [0.4, 0.5) is 0 Å². The van der Waals surface area contributed by atoms with Crippen molar-refractivity contribution < 1.29 is 40.9 Å². The van der Waals surface area contributed by atoms with Crippen LogP contribution in [0.15, 0.2) is 27.5 Å². The molecule has 0 amide bonds. The second-order valence-corrected chi connectivity index (χ2v) is 16.7. The molecular formula is C38H28Br4O10. The lowest BCUT2D eigenvalue weighted by atomic mass is 9.76. The maximum atomic E-state index is 14.8. The molecule has 0 heterocycles. The van der Waals surface area contributed by atoms with Gasteiger partial charge in [-0.15, -0.1) is 0 Å². The average Bonchev–Trinajstić information content (AvgIpc) is 3.09. The molecule has 8 aromatic rings. The monoisotopic (exact) mass is 960 g/mol. The number of fused-ring (bicyclic) bond motifs is 2. The van der Waals surface area contributed by atoms with E-state index in [1.54, 1.807) is 0 Å². The molecule has 8 rings (SSSR count). The lowest BCUT2D eigenvalue weighted by Crippen LogP contribution is -2.17. The molecule has 0 bridgehead atoms. The Labute approximate surface area is 326 Å². The summed E-state index contributed by atoms with van der Waals surface area (Å²) in [5, 5.41) is 93.3. The highest BCUT2D eigenvalue weighted by Crippen LogP contribution is 2.62. The van der Waals surface area contributed by atoms with Crippen LogP contribution in [-0.4, -0.2) is 53.1 Å². The van der Waals surface area contributed by atoms with Gasteiger partial charge in [0.2, 0.25) is 10.9 Å². The molecular weight excluding hydrogens is 936 g/mol. The van der Waals surface area contributed by atoms with E-state index in [4.69, 9.17) is 0 Å². The van der Waals surface area contributed by atoms with Crippen molar-refractivity contribution in [2.45, 2.75) is 64.6 Å². The predicted molar refractivity (Wildman–Crippen MR) is 216 cm³/mol. The number of aromatic hydroxyl groups is 6. The van der Waals surface area contributed by atoms with Crippen LogP contribution >= 0.6 is 63.7 Å². The van der Waals surface area contributed by atoms with Gasteiger partial charge < -0.3 is 40.9 Å². The minimum absolute atomic E-state index is 0.000920. The van der Waals surface area contributed by atoms with Crippen LogP contribution in [0.5, 0.6) is 34.5 Å². The number of halogens is 4. The Bertz CT molecular complexity index is 2940. The zero-order chi connectivity index (χ0) is 37.6. The second kappa shape index (κ2) is 12.1. The Kier molecular flexibility index (Phi) is 8.26. The van der Waals surface area contributed by atoms with Gasteiger partial charge in [0.15, 0.2) is 0 Å². The van der Waals surface area contributed by atoms with Gasteiger partial charge in [0.05, 0.1) is 42.7 Å². The van der Waals surface area contributed by atoms with E-state index < -0.39 is 57.6 Å². The fourth-order valence-corrected chi connectivity index (χ4v) is 10.5. The minimum atomic E-state index is -0.921. The molecule has 0 fully saturated rings. The lowest BCUT2D eigenvalue weighted by Gasteiger charge is -2.28. The van der Waals surface area contributed by atoms with Gasteiger partial charge in [-0.25, -0.2) is 0 Å². The molecule has 0 aliphatic rings. The standard InChI is InChI=1S/C38H28Br4O10/c1-3-5-9(43)7-11-13-14-12(8-10(44)6-4-2)28(40)36(50)24-16(14)18-17-15(13)23(35(49)27(11)39)31(45)25-19(17)21(33(47)29(41)37(25)51)22-20(18)26(32(24)46)38(52)30(42)34(22)48/h9-10,43-45,47-48,50-52H,3-8H2,1-2H3/t9-,10-/m1/s1. The number of phenolic OH excluding ortho intramolecular Hbond substituents is 6. The molecule has 2 atom stereocenters. The summed E-state index contributed by atoms with van der Waals surface area (Å²) in [7, 11) is 0. The maximum Gasteiger partial charge on any atom is 0.204 e. The van der Waals surface area contributed by atoms with E-state index in [9.17, 15) is 50.4 Å². The molecule has 52 heavy (non-hydrogen) atoms. The van der Waals surface area contributed by atoms with Crippen LogP contribution in [0.3, 0.4) is 0 Å². The first-order valence-electron chi connectivity index (χ1n) is 16.5. The Morgan fingerprint density at radius 3 is 1.19 bits per heavy atom. The minimum Gasteiger partial charge on any atom is -0.506 e. The third-order valence-electron chi connectivity index (χ3n) is 10.6. The summed E-state index contributed by atoms with van der Waals surface area (Å²) in [6.45, 7) is 3.81. The fourth-order valence-electron chi connectivity index (χ4n) is 8.55. The largest absolute Gasteiger partial charge is 0.506 e. The first kappa shape index (κ1) is 35.6. The van der Waals surface area contributed by atoms with Gasteiger partial charge in [0.25, 0.3) is 0 Å². The fraction of sp³-hybridized carbons (Fsp3) is 0.263. The van der Waals surface area contributed by atoms with Gasteiger partial charge in [-0.2, -0.15) is 0 Å². The van der Waals surface area contributed by atoms with Crippen molar-refractivity contribution in [2.24, 2.45) is 0 Å². The lowest BCUT2D eigenvalue weighted by molar-refractivity contribution is 0.163. The summed E-state index contributed by atoms with van der Waals surface area (Å²) in [5.41, 5.74) is -0.747. The highest BCUT2D eigenvalue weighted by Gasteiger charge is 2.37. The summed E-state index contributed by atoms with van der Waals surface area (Å²) in [5.74, 6) is -3.45. The highest BCUT2D eigenvalue weighted by atomic mass is 79.9. The molecule has 14 heteroatoms. The number of rotatable bonds is 8. The SMILES string of the molecule is CCC[C@@H](O)Cc1c(Br)c(=O)c2c(O)c3c(O)c(Br)c(O)c4c5c(O)c(Br)c(O)c6c(=O)c7c(O)c(Br)c(C[C@H](O)CCC)c8c1c2c(c34)c(c65)c78. The first-order valence-corrected chi connectivity index (χ1v) is 19.7. The summed E-state index contributed by atoms with van der Waals surface area (Å²) < 4.78 is -0.441. The summed E-state index contributed by atoms with van der Waals surface area (Å²) in [6, 6.07) is 0. The molecule has 10 nitrogen and oxygen atoms in total. The van der Waals surface area contributed by atoms with Gasteiger partial charge in [-0.05, 0) is 98.5 Å². The van der Waals surface area contributed by atoms with E-state index in [1.165, 1.54) is 0 Å². The van der Waals surface area contributed by atoms with Crippen molar-refractivity contribution in [1.29, 1.82) is 0 Å². The zero-order valence-corrected chi connectivity index (χ0v) is 33.6. The van der Waals surface area contributed by atoms with Gasteiger partial charge >= 0.3 is 0 Å². The summed E-state index contributed by atoms with van der Waals surface area (Å²) in [4.78, 5) is 29.3. The Morgan fingerprint density at radius 1 is 0.404 bits per heavy atom. The molecule has 0 radical (unpaired) electrons. The van der Waals surface area contributed by atoms with E-state index in [2.05, 4.69) is 63.7 Å². The smallest absolute Gasteiger partial charge is 0.204 e. The molecule has 0 aliphatic heterocycles. The summed E-state index contributed by atoms with van der Waals surface area (Å²) >= 11 is 13.4. The van der Waals surface area contributed by atoms with E-state index >= 15 is 0 Å². The predicted octanol–water partition coefficient (Wildman–Crippen LogP) is 8.92. The number of aliphatic hydroxyl groups excluding tert-OH is 2. The third kappa shape index (κ3) is 4.27. The van der Waals surface area contributed by atoms with Crippen molar-refractivity contribution in [1.82, 2.24) is 0 Å². The summed E-state index contributed by atoms with van der Waals surface area (Å²) in [6.07, 6.45) is 0.142. The topological polar surface area (TPSA) is 196 Å². The van der Waals surface area contributed by atoms with Crippen molar-refractivity contribution >= 4 is 139 Å². The number of phenols is 6. The second-order valence-electron chi connectivity index (χ2n) is 13.5. The van der Waals surface area contributed by atoms with E-state index in [1.807, 2.05) is 13.8 Å². The van der Waals surface area contributed by atoms with Crippen LogP contribution in [0, 0.1) is 0 Å². The zero-order valence-electron chi connectivity index (χ0n) is 27.3. The molecule has 8 aromatic carbocycles. The molecule has 0 saturated heterocycles. The van der Waals surface area contributed by atoms with Crippen LogP contribution in [0.2, 0.25) is 0 Å². The molecule has 0 saturated carbocycles. The first-order chi connectivity index (χ1) is 24.6. The van der Waals surface area contributed by atoms with Gasteiger partial charge in [0.1, 0.15) is 43.4 Å². The van der Waals surface area contributed by atoms with E-state index in [0.717, 1.165) is 0 Å². The van der Waals surface area contributed by atoms with Gasteiger partial charge in [-0.3, -0.25) is 9.59 Å². The Hall–Kier alpha value is -3.40.